The van der Waals surface area contributed by atoms with Crippen molar-refractivity contribution in [1.82, 2.24) is 10.6 Å². The lowest BCUT2D eigenvalue weighted by atomic mass is 10.0. The lowest BCUT2D eigenvalue weighted by Crippen LogP contribution is -2.49. The Balaban J connectivity index is 1.77. The monoisotopic (exact) mass is 240 g/mol. The molecule has 5 nitrogen and oxygen atoms in total. The minimum atomic E-state index is -0.738. The number of nitrogens with one attached hydrogen (secondary N) is 2. The lowest BCUT2D eigenvalue weighted by Gasteiger charge is -2.24. The van der Waals surface area contributed by atoms with Crippen LogP contribution in [-0.4, -0.2) is 35.6 Å². The van der Waals surface area contributed by atoms with E-state index in [1.54, 1.807) is 0 Å². The fourth-order valence-electron chi connectivity index (χ4n) is 2.71. The molecule has 0 aromatic carbocycles. The second-order valence-corrected chi connectivity index (χ2v) is 5.06. The maximum absolute atomic E-state index is 11.9. The summed E-state index contributed by atoms with van der Waals surface area (Å²) in [5.41, 5.74) is 0. The highest BCUT2D eigenvalue weighted by molar-refractivity contribution is 5.82. The Labute approximate surface area is 101 Å². The molecule has 5 heteroatoms. The Morgan fingerprint density at radius 1 is 1.18 bits per heavy atom. The Kier molecular flexibility index (Phi) is 3.99. The Hall–Kier alpha value is -1.10. The summed E-state index contributed by atoms with van der Waals surface area (Å²) in [6.07, 6.45) is 5.16. The summed E-state index contributed by atoms with van der Waals surface area (Å²) in [6.45, 7) is 0.903. The SMILES string of the molecule is O=C(O)C1CCC(NC(=O)[C@H]2CCCCN2)C1. The van der Waals surface area contributed by atoms with Crippen LogP contribution in [0.15, 0.2) is 0 Å². The number of hydrogen-bond acceptors (Lipinski definition) is 3. The number of carbonyl (C=O) groups is 2. The van der Waals surface area contributed by atoms with Crippen molar-refractivity contribution in [3.8, 4) is 0 Å². The van der Waals surface area contributed by atoms with Gasteiger partial charge in [0.25, 0.3) is 0 Å². The molecule has 0 radical (unpaired) electrons. The molecule has 1 amide bonds. The minimum Gasteiger partial charge on any atom is -0.481 e. The summed E-state index contributed by atoms with van der Waals surface area (Å²) < 4.78 is 0. The molecular weight excluding hydrogens is 220 g/mol. The maximum atomic E-state index is 11.9. The van der Waals surface area contributed by atoms with Gasteiger partial charge in [-0.05, 0) is 38.6 Å². The Morgan fingerprint density at radius 3 is 2.59 bits per heavy atom. The van der Waals surface area contributed by atoms with Gasteiger partial charge in [0.15, 0.2) is 0 Å². The van der Waals surface area contributed by atoms with Gasteiger partial charge in [-0.15, -0.1) is 0 Å². The number of piperidine rings is 1. The van der Waals surface area contributed by atoms with Crippen molar-refractivity contribution < 1.29 is 14.7 Å². The predicted molar refractivity (Wildman–Crippen MR) is 62.5 cm³/mol. The van der Waals surface area contributed by atoms with Gasteiger partial charge in [-0.1, -0.05) is 6.42 Å². The first-order valence-corrected chi connectivity index (χ1v) is 6.43. The first-order valence-electron chi connectivity index (χ1n) is 6.43. The number of hydrogen-bond donors (Lipinski definition) is 3. The summed E-state index contributed by atoms with van der Waals surface area (Å²) in [5, 5.41) is 15.1. The van der Waals surface area contributed by atoms with E-state index in [4.69, 9.17) is 5.11 Å². The van der Waals surface area contributed by atoms with Gasteiger partial charge in [0.2, 0.25) is 5.91 Å². The molecule has 1 aliphatic heterocycles. The molecule has 17 heavy (non-hydrogen) atoms. The zero-order valence-electron chi connectivity index (χ0n) is 9.95. The van der Waals surface area contributed by atoms with Crippen LogP contribution < -0.4 is 10.6 Å². The van der Waals surface area contributed by atoms with E-state index in [1.807, 2.05) is 0 Å². The van der Waals surface area contributed by atoms with E-state index >= 15 is 0 Å². The molecule has 0 spiro atoms. The van der Waals surface area contributed by atoms with Crippen molar-refractivity contribution in [1.29, 1.82) is 0 Å². The summed E-state index contributed by atoms with van der Waals surface area (Å²) in [4.78, 5) is 22.7. The molecule has 96 valence electrons. The molecule has 0 aromatic heterocycles. The van der Waals surface area contributed by atoms with Crippen molar-refractivity contribution in [2.75, 3.05) is 6.54 Å². The number of carbonyl (C=O) groups excluding carboxylic acids is 1. The first kappa shape index (κ1) is 12.4. The first-order chi connectivity index (χ1) is 8.16. The zero-order valence-corrected chi connectivity index (χ0v) is 9.95. The van der Waals surface area contributed by atoms with Gasteiger partial charge in [-0.25, -0.2) is 0 Å². The molecule has 3 atom stereocenters. The molecule has 0 bridgehead atoms. The van der Waals surface area contributed by atoms with Gasteiger partial charge in [-0.2, -0.15) is 0 Å². The van der Waals surface area contributed by atoms with E-state index in [9.17, 15) is 9.59 Å². The molecule has 1 saturated heterocycles. The lowest BCUT2D eigenvalue weighted by molar-refractivity contribution is -0.141. The van der Waals surface area contributed by atoms with Gasteiger partial charge in [0.1, 0.15) is 0 Å². The number of carboxylic acids is 1. The van der Waals surface area contributed by atoms with E-state index in [0.29, 0.717) is 12.8 Å². The second-order valence-electron chi connectivity index (χ2n) is 5.06. The molecular formula is C12H20N2O3. The van der Waals surface area contributed by atoms with Crippen LogP contribution in [0.5, 0.6) is 0 Å². The number of amides is 1. The fourth-order valence-corrected chi connectivity index (χ4v) is 2.71. The predicted octanol–water partition coefficient (Wildman–Crippen LogP) is 0.498. The smallest absolute Gasteiger partial charge is 0.306 e. The van der Waals surface area contributed by atoms with Crippen LogP contribution in [-0.2, 0) is 9.59 Å². The topological polar surface area (TPSA) is 78.4 Å². The largest absolute Gasteiger partial charge is 0.481 e. The van der Waals surface area contributed by atoms with E-state index < -0.39 is 5.97 Å². The van der Waals surface area contributed by atoms with Gasteiger partial charge < -0.3 is 15.7 Å². The number of rotatable bonds is 3. The highest BCUT2D eigenvalue weighted by atomic mass is 16.4. The van der Waals surface area contributed by atoms with Crippen LogP contribution in [0.3, 0.4) is 0 Å². The van der Waals surface area contributed by atoms with Crippen molar-refractivity contribution in [3.05, 3.63) is 0 Å². The summed E-state index contributed by atoms with van der Waals surface area (Å²) in [7, 11) is 0. The van der Waals surface area contributed by atoms with Crippen molar-refractivity contribution in [2.24, 2.45) is 5.92 Å². The van der Waals surface area contributed by atoms with Gasteiger partial charge >= 0.3 is 5.97 Å². The van der Waals surface area contributed by atoms with Crippen LogP contribution in [0.4, 0.5) is 0 Å². The summed E-state index contributed by atoms with van der Waals surface area (Å²) in [6, 6.07) is -0.0278. The van der Waals surface area contributed by atoms with E-state index in [-0.39, 0.29) is 23.9 Å². The molecule has 2 rings (SSSR count). The van der Waals surface area contributed by atoms with E-state index in [0.717, 1.165) is 32.2 Å². The zero-order chi connectivity index (χ0) is 12.3. The van der Waals surface area contributed by atoms with E-state index in [2.05, 4.69) is 10.6 Å². The summed E-state index contributed by atoms with van der Waals surface area (Å²) in [5.74, 6) is -0.974. The minimum absolute atomic E-state index is 0.0424. The van der Waals surface area contributed by atoms with Crippen molar-refractivity contribution in [3.63, 3.8) is 0 Å². The second kappa shape index (κ2) is 5.49. The van der Waals surface area contributed by atoms with Crippen LogP contribution >= 0.6 is 0 Å². The van der Waals surface area contributed by atoms with Crippen LogP contribution in [0.25, 0.3) is 0 Å². The summed E-state index contributed by atoms with van der Waals surface area (Å²) >= 11 is 0. The van der Waals surface area contributed by atoms with Crippen LogP contribution in [0, 0.1) is 5.92 Å². The van der Waals surface area contributed by atoms with Crippen molar-refractivity contribution in [2.45, 2.75) is 50.6 Å². The molecule has 1 saturated carbocycles. The average molecular weight is 240 g/mol. The number of aliphatic carboxylic acids is 1. The third-order valence-corrected chi connectivity index (χ3v) is 3.76. The van der Waals surface area contributed by atoms with E-state index in [1.165, 1.54) is 0 Å². The highest BCUT2D eigenvalue weighted by Gasteiger charge is 2.32. The normalized spacial score (nSPS) is 33.3. The van der Waals surface area contributed by atoms with Gasteiger partial charge in [0, 0.05) is 6.04 Å². The molecule has 2 unspecified atom stereocenters. The standard InChI is InChI=1S/C12H20N2O3/c15-11(10-3-1-2-6-13-10)14-9-5-4-8(7-9)12(16)17/h8-10,13H,1-7H2,(H,14,15)(H,16,17)/t8?,9?,10-/m1/s1. The van der Waals surface area contributed by atoms with Gasteiger partial charge in [-0.3, -0.25) is 9.59 Å². The quantitative estimate of drug-likeness (QED) is 0.671. The van der Waals surface area contributed by atoms with Crippen LogP contribution in [0.1, 0.15) is 38.5 Å². The molecule has 1 heterocycles. The maximum Gasteiger partial charge on any atom is 0.306 e. The van der Waals surface area contributed by atoms with Gasteiger partial charge in [0.05, 0.1) is 12.0 Å². The third-order valence-electron chi connectivity index (χ3n) is 3.76. The molecule has 2 fully saturated rings. The average Bonchev–Trinajstić information content (AvgIpc) is 2.79. The highest BCUT2D eigenvalue weighted by Crippen LogP contribution is 2.25. The Morgan fingerprint density at radius 2 is 2.00 bits per heavy atom. The van der Waals surface area contributed by atoms with Crippen molar-refractivity contribution >= 4 is 11.9 Å². The Bertz CT molecular complexity index is 300. The molecule has 3 N–H and O–H groups in total. The van der Waals surface area contributed by atoms with Crippen LogP contribution in [0.2, 0.25) is 0 Å². The molecule has 1 aliphatic carbocycles. The fraction of sp³-hybridized carbons (Fsp3) is 0.833. The number of carboxylic acid groups (broad SMARTS) is 1. The molecule has 2 aliphatic rings. The third kappa shape index (κ3) is 3.19. The molecule has 0 aromatic rings.